The fourth-order valence-corrected chi connectivity index (χ4v) is 5.90. The van der Waals surface area contributed by atoms with Crippen molar-refractivity contribution >= 4 is 27.5 Å². The molecule has 2 fully saturated rings. The van der Waals surface area contributed by atoms with E-state index in [-0.39, 0.29) is 23.5 Å². The van der Waals surface area contributed by atoms with E-state index in [2.05, 4.69) is 5.32 Å². The highest BCUT2D eigenvalue weighted by atomic mass is 32.2. The number of amides is 2. The summed E-state index contributed by atoms with van der Waals surface area (Å²) in [4.78, 5) is 27.6. The molecule has 34 heavy (non-hydrogen) atoms. The second-order valence-electron chi connectivity index (χ2n) is 8.85. The number of ether oxygens (including phenoxy) is 1. The first-order valence-electron chi connectivity index (χ1n) is 11.6. The van der Waals surface area contributed by atoms with Crippen LogP contribution in [0.15, 0.2) is 48.5 Å². The molecular formula is C25H31N3O5S. The zero-order chi connectivity index (χ0) is 24.1. The molecule has 0 saturated carbocycles. The Bertz CT molecular complexity index is 1120. The zero-order valence-corrected chi connectivity index (χ0v) is 20.2. The Hall–Kier alpha value is -2.75. The van der Waals surface area contributed by atoms with E-state index in [1.54, 1.807) is 29.2 Å². The SMILES string of the molecule is Cc1ccc(CS(=O)(=O)N2CCC(C(=O)Nc3ccccc3C(=O)N3CCOCC3)CC2)cc1. The molecule has 0 aromatic heterocycles. The van der Waals surface area contributed by atoms with Gasteiger partial charge in [-0.25, -0.2) is 12.7 Å². The average Bonchev–Trinajstić information content (AvgIpc) is 2.86. The monoisotopic (exact) mass is 485 g/mol. The lowest BCUT2D eigenvalue weighted by Gasteiger charge is -2.31. The zero-order valence-electron chi connectivity index (χ0n) is 19.4. The summed E-state index contributed by atoms with van der Waals surface area (Å²) in [5.74, 6) is -0.660. The fourth-order valence-electron chi connectivity index (χ4n) is 4.33. The van der Waals surface area contributed by atoms with Crippen molar-refractivity contribution in [3.05, 3.63) is 65.2 Å². The van der Waals surface area contributed by atoms with Crippen LogP contribution in [0, 0.1) is 12.8 Å². The average molecular weight is 486 g/mol. The molecule has 0 unspecified atom stereocenters. The van der Waals surface area contributed by atoms with Crippen LogP contribution in [-0.4, -0.2) is 68.8 Å². The molecule has 2 saturated heterocycles. The maximum Gasteiger partial charge on any atom is 0.256 e. The Kier molecular flexibility index (Phi) is 7.65. The number of nitrogens with zero attached hydrogens (tertiary/aromatic N) is 2. The van der Waals surface area contributed by atoms with Crippen LogP contribution in [0.2, 0.25) is 0 Å². The Labute approximate surface area is 200 Å². The normalized spacial score (nSPS) is 18.0. The summed E-state index contributed by atoms with van der Waals surface area (Å²) in [5, 5.41) is 2.91. The van der Waals surface area contributed by atoms with Gasteiger partial charge in [-0.3, -0.25) is 9.59 Å². The molecule has 9 heteroatoms. The minimum atomic E-state index is -3.45. The molecule has 4 rings (SSSR count). The summed E-state index contributed by atoms with van der Waals surface area (Å²) in [6.07, 6.45) is 0.886. The summed E-state index contributed by atoms with van der Waals surface area (Å²) in [6, 6.07) is 14.5. The van der Waals surface area contributed by atoms with E-state index >= 15 is 0 Å². The van der Waals surface area contributed by atoms with Crippen LogP contribution in [0.1, 0.15) is 34.3 Å². The molecule has 1 N–H and O–H groups in total. The lowest BCUT2D eigenvalue weighted by atomic mass is 9.97. The topological polar surface area (TPSA) is 96.0 Å². The first kappa shape index (κ1) is 24.4. The fraction of sp³-hybridized carbons (Fsp3) is 0.440. The molecule has 2 heterocycles. The highest BCUT2D eigenvalue weighted by Gasteiger charge is 2.32. The van der Waals surface area contributed by atoms with Crippen molar-refractivity contribution in [1.29, 1.82) is 0 Å². The maximum absolute atomic E-state index is 13.0. The van der Waals surface area contributed by atoms with Gasteiger partial charge in [0.1, 0.15) is 0 Å². The van der Waals surface area contributed by atoms with Gasteiger partial charge in [0.05, 0.1) is 30.2 Å². The van der Waals surface area contributed by atoms with Crippen molar-refractivity contribution in [3.63, 3.8) is 0 Å². The van der Waals surface area contributed by atoms with E-state index in [0.717, 1.165) is 11.1 Å². The number of rotatable bonds is 6. The summed E-state index contributed by atoms with van der Waals surface area (Å²) in [7, 11) is -3.45. The van der Waals surface area contributed by atoms with Crippen LogP contribution >= 0.6 is 0 Å². The Morgan fingerprint density at radius 1 is 0.971 bits per heavy atom. The molecule has 2 amide bonds. The van der Waals surface area contributed by atoms with Crippen molar-refractivity contribution in [3.8, 4) is 0 Å². The van der Waals surface area contributed by atoms with E-state index in [1.807, 2.05) is 31.2 Å². The number of morpholine rings is 1. The molecule has 2 aromatic rings. The van der Waals surface area contributed by atoms with Crippen molar-refractivity contribution < 1.29 is 22.7 Å². The Balaban J connectivity index is 1.35. The minimum Gasteiger partial charge on any atom is -0.378 e. The summed E-state index contributed by atoms with van der Waals surface area (Å²) in [5.41, 5.74) is 2.78. The third-order valence-electron chi connectivity index (χ3n) is 6.40. The smallest absolute Gasteiger partial charge is 0.256 e. The molecule has 2 aliphatic heterocycles. The summed E-state index contributed by atoms with van der Waals surface area (Å²) >= 11 is 0. The van der Waals surface area contributed by atoms with Gasteiger partial charge in [0.25, 0.3) is 5.91 Å². The number of nitrogens with one attached hydrogen (secondary N) is 1. The molecule has 182 valence electrons. The number of carbonyl (C=O) groups is 2. The van der Waals surface area contributed by atoms with Gasteiger partial charge >= 0.3 is 0 Å². The minimum absolute atomic E-state index is 0.0405. The molecule has 0 atom stereocenters. The second kappa shape index (κ2) is 10.7. The lowest BCUT2D eigenvalue weighted by Crippen LogP contribution is -2.42. The molecule has 8 nitrogen and oxygen atoms in total. The molecule has 0 bridgehead atoms. The number of hydrogen-bond donors (Lipinski definition) is 1. The first-order chi connectivity index (χ1) is 16.3. The van der Waals surface area contributed by atoms with E-state index in [4.69, 9.17) is 4.74 Å². The number of sulfonamides is 1. The molecule has 0 spiro atoms. The van der Waals surface area contributed by atoms with Crippen molar-refractivity contribution in [2.45, 2.75) is 25.5 Å². The van der Waals surface area contributed by atoms with Gasteiger partial charge in [0, 0.05) is 32.1 Å². The Morgan fingerprint density at radius 2 is 1.62 bits per heavy atom. The number of aryl methyl sites for hydroxylation is 1. The van der Waals surface area contributed by atoms with Crippen LogP contribution in [-0.2, 0) is 25.3 Å². The number of para-hydroxylation sites is 1. The third-order valence-corrected chi connectivity index (χ3v) is 8.25. The van der Waals surface area contributed by atoms with Gasteiger partial charge in [-0.1, -0.05) is 42.0 Å². The van der Waals surface area contributed by atoms with Crippen LogP contribution in [0.25, 0.3) is 0 Å². The molecular weight excluding hydrogens is 454 g/mol. The van der Waals surface area contributed by atoms with Gasteiger partial charge in [-0.15, -0.1) is 0 Å². The maximum atomic E-state index is 13.0. The van der Waals surface area contributed by atoms with Gasteiger partial charge < -0.3 is 15.0 Å². The number of hydrogen-bond acceptors (Lipinski definition) is 5. The standard InChI is InChI=1S/C25H31N3O5S/c1-19-6-8-20(9-7-19)18-34(31,32)28-12-10-21(11-13-28)24(29)26-23-5-3-2-4-22(23)25(30)27-14-16-33-17-15-27/h2-9,21H,10-18H2,1H3,(H,26,29). The quantitative estimate of drug-likeness (QED) is 0.679. The predicted octanol–water partition coefficient (Wildman–Crippen LogP) is 2.65. The number of anilines is 1. The van der Waals surface area contributed by atoms with Crippen LogP contribution in [0.5, 0.6) is 0 Å². The van der Waals surface area contributed by atoms with E-state index in [0.29, 0.717) is 63.5 Å². The lowest BCUT2D eigenvalue weighted by molar-refractivity contribution is -0.120. The van der Waals surface area contributed by atoms with Crippen LogP contribution < -0.4 is 5.32 Å². The highest BCUT2D eigenvalue weighted by Crippen LogP contribution is 2.25. The largest absolute Gasteiger partial charge is 0.378 e. The molecule has 2 aliphatic rings. The number of carbonyl (C=O) groups excluding carboxylic acids is 2. The third kappa shape index (κ3) is 5.84. The van der Waals surface area contributed by atoms with Crippen LogP contribution in [0.4, 0.5) is 5.69 Å². The molecule has 0 radical (unpaired) electrons. The van der Waals surface area contributed by atoms with E-state index in [9.17, 15) is 18.0 Å². The van der Waals surface area contributed by atoms with Gasteiger partial charge in [-0.2, -0.15) is 0 Å². The number of piperidine rings is 1. The second-order valence-corrected chi connectivity index (χ2v) is 10.8. The first-order valence-corrected chi connectivity index (χ1v) is 13.2. The van der Waals surface area contributed by atoms with E-state index in [1.165, 1.54) is 4.31 Å². The van der Waals surface area contributed by atoms with Crippen molar-refractivity contribution in [1.82, 2.24) is 9.21 Å². The number of benzene rings is 2. The van der Waals surface area contributed by atoms with Crippen LogP contribution in [0.3, 0.4) is 0 Å². The molecule has 0 aliphatic carbocycles. The van der Waals surface area contributed by atoms with Crippen molar-refractivity contribution in [2.24, 2.45) is 5.92 Å². The predicted molar refractivity (Wildman–Crippen MR) is 130 cm³/mol. The van der Waals surface area contributed by atoms with Gasteiger partial charge in [0.15, 0.2) is 0 Å². The Morgan fingerprint density at radius 3 is 2.29 bits per heavy atom. The summed E-state index contributed by atoms with van der Waals surface area (Å²) in [6.45, 7) is 4.64. The summed E-state index contributed by atoms with van der Waals surface area (Å²) < 4.78 is 32.5. The molecule has 2 aromatic carbocycles. The van der Waals surface area contributed by atoms with E-state index < -0.39 is 10.0 Å². The highest BCUT2D eigenvalue weighted by molar-refractivity contribution is 7.88. The van der Waals surface area contributed by atoms with Gasteiger partial charge in [0.2, 0.25) is 15.9 Å². The van der Waals surface area contributed by atoms with Gasteiger partial charge in [-0.05, 0) is 37.5 Å². The van der Waals surface area contributed by atoms with Crippen molar-refractivity contribution in [2.75, 3.05) is 44.7 Å².